The highest BCUT2D eigenvalue weighted by atomic mass is 79.9. The van der Waals surface area contributed by atoms with E-state index in [1.807, 2.05) is 12.1 Å². The van der Waals surface area contributed by atoms with Crippen molar-refractivity contribution in [2.24, 2.45) is 0 Å². The van der Waals surface area contributed by atoms with Gasteiger partial charge in [-0.2, -0.15) is 0 Å². The molecule has 1 aliphatic heterocycles. The second kappa shape index (κ2) is 8.42. The molecule has 1 N–H and O–H groups in total. The minimum Gasteiger partial charge on any atom is -0.491 e. The van der Waals surface area contributed by atoms with Gasteiger partial charge in [0.25, 0.3) is 5.91 Å². The minimum atomic E-state index is -0.0352. The summed E-state index contributed by atoms with van der Waals surface area (Å²) >= 11 is 3.75. The zero-order valence-corrected chi connectivity index (χ0v) is 14.2. The lowest BCUT2D eigenvalue weighted by molar-refractivity contribution is 0.0957. The molecule has 0 saturated heterocycles. The molecule has 21 heavy (non-hydrogen) atoms. The smallest absolute Gasteiger partial charge is 0.255 e. The maximum Gasteiger partial charge on any atom is 0.255 e. The van der Waals surface area contributed by atoms with Crippen molar-refractivity contribution >= 4 is 21.8 Å². The Balaban J connectivity index is 1.95. The number of hydrogen-bond acceptors (Lipinski definition) is 2. The number of unbranched alkanes of at least 4 members (excludes halogenated alkanes) is 4. The fourth-order valence-corrected chi connectivity index (χ4v) is 3.17. The molecule has 0 fully saturated rings. The predicted octanol–water partition coefficient (Wildman–Crippen LogP) is 4.61. The predicted molar refractivity (Wildman–Crippen MR) is 89.3 cm³/mol. The lowest BCUT2D eigenvalue weighted by Gasteiger charge is -2.13. The van der Waals surface area contributed by atoms with Gasteiger partial charge in [0.15, 0.2) is 0 Å². The molecule has 1 aliphatic rings. The number of nitrogens with one attached hydrogen (secondary N) is 1. The first-order chi connectivity index (χ1) is 10.2. The second-order valence-corrected chi connectivity index (χ2v) is 6.64. The van der Waals surface area contributed by atoms with Crippen molar-refractivity contribution in [1.82, 2.24) is 5.32 Å². The third-order valence-electron chi connectivity index (χ3n) is 3.82. The van der Waals surface area contributed by atoms with Gasteiger partial charge in [0.05, 0.1) is 12.1 Å². The van der Waals surface area contributed by atoms with Crippen LogP contribution >= 0.6 is 15.9 Å². The quantitative estimate of drug-likeness (QED) is 0.574. The zero-order chi connectivity index (χ0) is 15.1. The number of fused-ring (bicyclic) bond motifs is 1. The number of ether oxygens (including phenoxy) is 1. The Hall–Kier alpha value is -1.03. The number of hydrogen-bond donors (Lipinski definition) is 1. The van der Waals surface area contributed by atoms with Crippen LogP contribution in [0.3, 0.4) is 0 Å². The normalized spacial score (nSPS) is 15.6. The van der Waals surface area contributed by atoms with E-state index in [2.05, 4.69) is 34.2 Å². The first kappa shape index (κ1) is 16.3. The second-order valence-electron chi connectivity index (χ2n) is 5.53. The first-order valence-electron chi connectivity index (χ1n) is 7.91. The van der Waals surface area contributed by atoms with Gasteiger partial charge in [-0.05, 0) is 24.1 Å². The summed E-state index contributed by atoms with van der Waals surface area (Å²) in [5, 5.41) is 2.85. The SMILES string of the molecule is CCCCCCCC(Br)c1ccc2c(c1)C(=O)NCCO2. The van der Waals surface area contributed by atoms with Crippen LogP contribution in [0.2, 0.25) is 0 Å². The molecule has 3 nitrogen and oxygen atoms in total. The van der Waals surface area contributed by atoms with Gasteiger partial charge in [-0.15, -0.1) is 0 Å². The molecule has 0 aliphatic carbocycles. The highest BCUT2D eigenvalue weighted by Gasteiger charge is 2.18. The maximum atomic E-state index is 12.0. The highest BCUT2D eigenvalue weighted by molar-refractivity contribution is 9.09. The summed E-state index contributed by atoms with van der Waals surface area (Å²) < 4.78 is 5.58. The topological polar surface area (TPSA) is 38.3 Å². The van der Waals surface area contributed by atoms with E-state index in [1.54, 1.807) is 0 Å². The van der Waals surface area contributed by atoms with E-state index in [9.17, 15) is 4.79 Å². The summed E-state index contributed by atoms with van der Waals surface area (Å²) in [6.45, 7) is 3.33. The van der Waals surface area contributed by atoms with Crippen LogP contribution in [0.5, 0.6) is 5.75 Å². The van der Waals surface area contributed by atoms with E-state index in [4.69, 9.17) is 4.74 Å². The number of alkyl halides is 1. The van der Waals surface area contributed by atoms with Crippen molar-refractivity contribution in [2.45, 2.75) is 50.3 Å². The van der Waals surface area contributed by atoms with Gasteiger partial charge >= 0.3 is 0 Å². The van der Waals surface area contributed by atoms with Crippen LogP contribution in [-0.2, 0) is 0 Å². The zero-order valence-electron chi connectivity index (χ0n) is 12.7. The molecule has 2 rings (SSSR count). The largest absolute Gasteiger partial charge is 0.491 e. The maximum absolute atomic E-state index is 12.0. The average Bonchev–Trinajstić information content (AvgIpc) is 2.68. The number of amides is 1. The number of rotatable bonds is 7. The van der Waals surface area contributed by atoms with Crippen molar-refractivity contribution in [3.8, 4) is 5.75 Å². The van der Waals surface area contributed by atoms with Crippen LogP contribution in [0.1, 0.15) is 66.2 Å². The van der Waals surface area contributed by atoms with E-state index >= 15 is 0 Å². The number of halogens is 1. The van der Waals surface area contributed by atoms with Crippen molar-refractivity contribution in [3.63, 3.8) is 0 Å². The first-order valence-corrected chi connectivity index (χ1v) is 8.83. The summed E-state index contributed by atoms with van der Waals surface area (Å²) in [4.78, 5) is 12.3. The van der Waals surface area contributed by atoms with E-state index in [1.165, 1.54) is 32.1 Å². The van der Waals surface area contributed by atoms with Crippen LogP contribution in [0.4, 0.5) is 0 Å². The molecule has 0 radical (unpaired) electrons. The van der Waals surface area contributed by atoms with E-state index in [0.717, 1.165) is 12.0 Å². The Labute approximate surface area is 135 Å². The van der Waals surface area contributed by atoms with Crippen LogP contribution < -0.4 is 10.1 Å². The van der Waals surface area contributed by atoms with Gasteiger partial charge in [0, 0.05) is 4.83 Å². The third kappa shape index (κ3) is 4.73. The summed E-state index contributed by atoms with van der Waals surface area (Å²) in [6, 6.07) is 5.94. The average molecular weight is 354 g/mol. The molecule has 1 aromatic carbocycles. The van der Waals surface area contributed by atoms with Crippen LogP contribution in [-0.4, -0.2) is 19.1 Å². The van der Waals surface area contributed by atoms with Crippen molar-refractivity contribution in [1.29, 1.82) is 0 Å². The number of carbonyl (C=O) groups is 1. The van der Waals surface area contributed by atoms with Crippen LogP contribution in [0.15, 0.2) is 18.2 Å². The molecule has 1 amide bonds. The van der Waals surface area contributed by atoms with Crippen molar-refractivity contribution < 1.29 is 9.53 Å². The van der Waals surface area contributed by atoms with Gasteiger partial charge in [0.1, 0.15) is 12.4 Å². The molecule has 1 atom stereocenters. The lowest BCUT2D eigenvalue weighted by Crippen LogP contribution is -2.24. The fraction of sp³-hybridized carbons (Fsp3) is 0.588. The van der Waals surface area contributed by atoms with E-state index in [0.29, 0.717) is 29.3 Å². The van der Waals surface area contributed by atoms with E-state index < -0.39 is 0 Å². The van der Waals surface area contributed by atoms with Crippen molar-refractivity contribution in [3.05, 3.63) is 29.3 Å². The summed E-state index contributed by atoms with van der Waals surface area (Å²) in [5.74, 6) is 0.656. The Kier molecular flexibility index (Phi) is 6.55. The summed E-state index contributed by atoms with van der Waals surface area (Å²) in [6.07, 6.45) is 7.52. The van der Waals surface area contributed by atoms with Crippen LogP contribution in [0.25, 0.3) is 0 Å². The highest BCUT2D eigenvalue weighted by Crippen LogP contribution is 2.32. The Morgan fingerprint density at radius 1 is 1.29 bits per heavy atom. The van der Waals surface area contributed by atoms with Gasteiger partial charge in [0.2, 0.25) is 0 Å². The van der Waals surface area contributed by atoms with E-state index in [-0.39, 0.29) is 5.91 Å². The van der Waals surface area contributed by atoms with Crippen molar-refractivity contribution in [2.75, 3.05) is 13.2 Å². The molecule has 0 aromatic heterocycles. The summed E-state index contributed by atoms with van der Waals surface area (Å²) in [7, 11) is 0. The standard InChI is InChI=1S/C17H24BrNO2/c1-2-3-4-5-6-7-15(18)13-8-9-16-14(12-13)17(20)19-10-11-21-16/h8-9,12,15H,2-7,10-11H2,1H3,(H,19,20). The van der Waals surface area contributed by atoms with Gasteiger partial charge in [-0.25, -0.2) is 0 Å². The third-order valence-corrected chi connectivity index (χ3v) is 4.80. The molecule has 4 heteroatoms. The molecule has 1 unspecified atom stereocenters. The number of carbonyl (C=O) groups excluding carboxylic acids is 1. The molecule has 1 aromatic rings. The molecular formula is C17H24BrNO2. The molecular weight excluding hydrogens is 330 g/mol. The number of benzene rings is 1. The van der Waals surface area contributed by atoms with Crippen LogP contribution in [0, 0.1) is 0 Å². The van der Waals surface area contributed by atoms with Gasteiger partial charge in [-0.1, -0.05) is 61.0 Å². The Morgan fingerprint density at radius 3 is 2.90 bits per heavy atom. The fourth-order valence-electron chi connectivity index (χ4n) is 2.56. The molecule has 0 spiro atoms. The monoisotopic (exact) mass is 353 g/mol. The molecule has 1 heterocycles. The molecule has 0 bridgehead atoms. The Morgan fingerprint density at radius 2 is 2.10 bits per heavy atom. The summed E-state index contributed by atoms with van der Waals surface area (Å²) in [5.41, 5.74) is 1.81. The molecule has 0 saturated carbocycles. The minimum absolute atomic E-state index is 0.0352. The molecule has 116 valence electrons. The lowest BCUT2D eigenvalue weighted by atomic mass is 10.0. The Bertz CT molecular complexity index is 476. The van der Waals surface area contributed by atoms with Gasteiger partial charge < -0.3 is 10.1 Å². The van der Waals surface area contributed by atoms with Gasteiger partial charge in [-0.3, -0.25) is 4.79 Å².